The fourth-order valence-corrected chi connectivity index (χ4v) is 6.99. The molecule has 0 heterocycles. The lowest BCUT2D eigenvalue weighted by Crippen LogP contribution is -2.30. The summed E-state index contributed by atoms with van der Waals surface area (Å²) in [6.45, 7) is 6.49. The van der Waals surface area contributed by atoms with E-state index in [1.807, 2.05) is 24.3 Å². The van der Waals surface area contributed by atoms with Gasteiger partial charge in [0.25, 0.3) is 0 Å². The first kappa shape index (κ1) is 59.6. The summed E-state index contributed by atoms with van der Waals surface area (Å²) < 4.78 is 16.8. The second-order valence-electron chi connectivity index (χ2n) is 17.2. The first-order valence-electron chi connectivity index (χ1n) is 26.2. The minimum absolute atomic E-state index is 0.0993. The molecule has 0 rings (SSSR count). The maximum Gasteiger partial charge on any atom is 0.306 e. The molecule has 0 bridgehead atoms. The standard InChI is InChI=1S/C57H96O6/c1-4-7-10-13-16-19-22-25-27-28-29-30-33-35-38-41-44-47-50-56(59)62-53-54(52-61-55(58)49-46-43-40-37-34-31-24-21-18-15-12-9-6-3)63-57(60)51-48-45-42-39-36-32-26-23-20-17-14-11-8-5-2/h10,13,16,19,22,25,27-32,34,36,54H,4-9,11-12,14-15,17-18,20-21,23-24,26,33,35,37-53H2,1-3H3/b13-10-,19-16-,25-22-,28-27-,30-29-,34-31-,36-32-. The molecule has 63 heavy (non-hydrogen) atoms. The number of hydrogen-bond donors (Lipinski definition) is 0. The smallest absolute Gasteiger partial charge is 0.306 e. The second kappa shape index (κ2) is 51.2. The molecule has 6 heteroatoms. The molecular formula is C57H96O6. The van der Waals surface area contributed by atoms with Crippen LogP contribution in [0.1, 0.15) is 239 Å². The van der Waals surface area contributed by atoms with Gasteiger partial charge in [0.1, 0.15) is 13.2 Å². The van der Waals surface area contributed by atoms with Crippen LogP contribution in [0.4, 0.5) is 0 Å². The lowest BCUT2D eigenvalue weighted by atomic mass is 10.1. The summed E-state index contributed by atoms with van der Waals surface area (Å²) in [5.41, 5.74) is 0. The molecule has 0 aliphatic carbocycles. The van der Waals surface area contributed by atoms with Crippen LogP contribution in [0.3, 0.4) is 0 Å². The van der Waals surface area contributed by atoms with Crippen molar-refractivity contribution in [2.45, 2.75) is 245 Å². The Morgan fingerprint density at radius 2 is 0.619 bits per heavy atom. The molecule has 0 aliphatic heterocycles. The summed E-state index contributed by atoms with van der Waals surface area (Å²) in [6, 6.07) is 0. The molecule has 6 nitrogen and oxygen atoms in total. The highest BCUT2D eigenvalue weighted by Crippen LogP contribution is 2.13. The van der Waals surface area contributed by atoms with Gasteiger partial charge in [-0.2, -0.15) is 0 Å². The zero-order chi connectivity index (χ0) is 45.8. The minimum Gasteiger partial charge on any atom is -0.462 e. The van der Waals surface area contributed by atoms with Crippen LogP contribution in [0.25, 0.3) is 0 Å². The van der Waals surface area contributed by atoms with Gasteiger partial charge in [-0.15, -0.1) is 0 Å². The molecule has 1 unspecified atom stereocenters. The number of rotatable bonds is 46. The van der Waals surface area contributed by atoms with E-state index in [1.54, 1.807) is 0 Å². The van der Waals surface area contributed by atoms with E-state index in [9.17, 15) is 14.4 Å². The highest BCUT2D eigenvalue weighted by Gasteiger charge is 2.19. The Labute approximate surface area is 388 Å². The highest BCUT2D eigenvalue weighted by atomic mass is 16.6. The monoisotopic (exact) mass is 877 g/mol. The number of esters is 3. The Morgan fingerprint density at radius 1 is 0.317 bits per heavy atom. The zero-order valence-corrected chi connectivity index (χ0v) is 41.1. The third-order valence-corrected chi connectivity index (χ3v) is 11.0. The molecular weight excluding hydrogens is 781 g/mol. The Bertz CT molecular complexity index is 1240. The fourth-order valence-electron chi connectivity index (χ4n) is 6.99. The van der Waals surface area contributed by atoms with Crippen LogP contribution in [-0.2, 0) is 28.6 Å². The van der Waals surface area contributed by atoms with Crippen molar-refractivity contribution in [1.82, 2.24) is 0 Å². The lowest BCUT2D eigenvalue weighted by Gasteiger charge is -2.18. The topological polar surface area (TPSA) is 78.9 Å². The summed E-state index contributed by atoms with van der Waals surface area (Å²) in [4.78, 5) is 38.0. The quantitative estimate of drug-likeness (QED) is 0.0199. The van der Waals surface area contributed by atoms with Crippen LogP contribution in [-0.4, -0.2) is 37.2 Å². The molecule has 0 radical (unpaired) electrons. The fraction of sp³-hybridized carbons (Fsp3) is 0.702. The van der Waals surface area contributed by atoms with Crippen molar-refractivity contribution < 1.29 is 28.6 Å². The van der Waals surface area contributed by atoms with Crippen molar-refractivity contribution >= 4 is 17.9 Å². The second-order valence-corrected chi connectivity index (χ2v) is 17.2. The van der Waals surface area contributed by atoms with Gasteiger partial charge in [0, 0.05) is 19.3 Å². The third-order valence-electron chi connectivity index (χ3n) is 11.0. The van der Waals surface area contributed by atoms with Crippen LogP contribution < -0.4 is 0 Å². The van der Waals surface area contributed by atoms with Gasteiger partial charge in [-0.3, -0.25) is 14.4 Å². The van der Waals surface area contributed by atoms with E-state index >= 15 is 0 Å². The van der Waals surface area contributed by atoms with Gasteiger partial charge in [0.2, 0.25) is 0 Å². The summed E-state index contributed by atoms with van der Waals surface area (Å²) >= 11 is 0. The molecule has 0 aromatic heterocycles. The summed E-state index contributed by atoms with van der Waals surface area (Å²) in [5, 5.41) is 0. The summed E-state index contributed by atoms with van der Waals surface area (Å²) in [5.74, 6) is -0.956. The van der Waals surface area contributed by atoms with Gasteiger partial charge in [0.05, 0.1) is 0 Å². The van der Waals surface area contributed by atoms with E-state index < -0.39 is 6.10 Å². The van der Waals surface area contributed by atoms with Gasteiger partial charge in [-0.05, 0) is 89.9 Å². The molecule has 0 N–H and O–H groups in total. The molecule has 360 valence electrons. The van der Waals surface area contributed by atoms with E-state index in [0.29, 0.717) is 19.3 Å². The van der Waals surface area contributed by atoms with E-state index in [2.05, 4.69) is 81.5 Å². The van der Waals surface area contributed by atoms with Crippen LogP contribution in [0.15, 0.2) is 85.1 Å². The van der Waals surface area contributed by atoms with Gasteiger partial charge >= 0.3 is 17.9 Å². The molecule has 0 aliphatic rings. The minimum atomic E-state index is -0.801. The van der Waals surface area contributed by atoms with E-state index in [1.165, 1.54) is 89.9 Å². The predicted molar refractivity (Wildman–Crippen MR) is 270 cm³/mol. The molecule has 0 saturated heterocycles. The van der Waals surface area contributed by atoms with E-state index in [0.717, 1.165) is 109 Å². The van der Waals surface area contributed by atoms with Crippen LogP contribution in [0.2, 0.25) is 0 Å². The van der Waals surface area contributed by atoms with E-state index in [4.69, 9.17) is 14.2 Å². The van der Waals surface area contributed by atoms with Crippen molar-refractivity contribution in [3.8, 4) is 0 Å². The number of hydrogen-bond acceptors (Lipinski definition) is 6. The van der Waals surface area contributed by atoms with Crippen molar-refractivity contribution in [3.05, 3.63) is 85.1 Å². The highest BCUT2D eigenvalue weighted by molar-refractivity contribution is 5.71. The lowest BCUT2D eigenvalue weighted by molar-refractivity contribution is -0.167. The first-order chi connectivity index (χ1) is 31.0. The Hall–Kier alpha value is -3.41. The van der Waals surface area contributed by atoms with Gasteiger partial charge < -0.3 is 14.2 Å². The number of ether oxygens (including phenoxy) is 3. The van der Waals surface area contributed by atoms with Crippen molar-refractivity contribution in [1.29, 1.82) is 0 Å². The van der Waals surface area contributed by atoms with Gasteiger partial charge in [-0.1, -0.05) is 215 Å². The van der Waals surface area contributed by atoms with Crippen LogP contribution in [0, 0.1) is 0 Å². The SMILES string of the molecule is CCC\C=C/C=C\C=C/C=C\C=C/CCCCCCCC(=O)OCC(COC(=O)CCCCC/C=C\CCCCCCCC)OC(=O)CCCCC/C=C\CCCCCCCCC. The predicted octanol–water partition coefficient (Wildman–Crippen LogP) is 17.2. The number of carbonyl (C=O) groups excluding carboxylic acids is 3. The molecule has 0 amide bonds. The maximum atomic E-state index is 12.8. The average molecular weight is 877 g/mol. The molecule has 0 saturated carbocycles. The average Bonchev–Trinajstić information content (AvgIpc) is 3.28. The molecule has 0 spiro atoms. The Balaban J connectivity index is 4.48. The van der Waals surface area contributed by atoms with Crippen molar-refractivity contribution in [2.24, 2.45) is 0 Å². The summed E-state index contributed by atoms with van der Waals surface area (Å²) in [6.07, 6.45) is 65.6. The van der Waals surface area contributed by atoms with Gasteiger partial charge in [-0.25, -0.2) is 0 Å². The maximum absolute atomic E-state index is 12.8. The number of unbranched alkanes of at least 4 members (excludes halogenated alkanes) is 25. The molecule has 0 aromatic carbocycles. The zero-order valence-electron chi connectivity index (χ0n) is 41.1. The Kier molecular flexibility index (Phi) is 48.5. The van der Waals surface area contributed by atoms with Crippen LogP contribution >= 0.6 is 0 Å². The molecule has 1 atom stereocenters. The van der Waals surface area contributed by atoms with Crippen molar-refractivity contribution in [2.75, 3.05) is 13.2 Å². The largest absolute Gasteiger partial charge is 0.462 e. The third kappa shape index (κ3) is 49.5. The normalized spacial score (nSPS) is 12.7. The first-order valence-corrected chi connectivity index (χ1v) is 26.2. The number of carbonyl (C=O) groups is 3. The number of allylic oxidation sites excluding steroid dienone is 14. The molecule has 0 fully saturated rings. The van der Waals surface area contributed by atoms with Gasteiger partial charge in [0.15, 0.2) is 6.10 Å². The van der Waals surface area contributed by atoms with Crippen molar-refractivity contribution in [3.63, 3.8) is 0 Å². The summed E-state index contributed by atoms with van der Waals surface area (Å²) in [7, 11) is 0. The van der Waals surface area contributed by atoms with E-state index in [-0.39, 0.29) is 31.1 Å². The van der Waals surface area contributed by atoms with Crippen LogP contribution in [0.5, 0.6) is 0 Å². The molecule has 0 aromatic rings. The Morgan fingerprint density at radius 3 is 1.02 bits per heavy atom.